The van der Waals surface area contributed by atoms with Crippen molar-refractivity contribution < 1.29 is 14.6 Å². The number of rotatable bonds is 3. The average molecular weight is 270 g/mol. The summed E-state index contributed by atoms with van der Waals surface area (Å²) in [7, 11) is 0. The van der Waals surface area contributed by atoms with E-state index in [1.54, 1.807) is 0 Å². The number of carbonyl (C=O) groups is 1. The second kappa shape index (κ2) is 4.95. The Morgan fingerprint density at radius 2 is 2.44 bits per heavy atom. The molecular formula is C12H18N2O3S. The van der Waals surface area contributed by atoms with Gasteiger partial charge in [0.2, 0.25) is 5.01 Å². The largest absolute Gasteiger partial charge is 0.476 e. The fraction of sp³-hybridized carbons (Fsp3) is 0.667. The maximum absolute atomic E-state index is 10.8. The van der Waals surface area contributed by atoms with Gasteiger partial charge in [0.1, 0.15) is 0 Å². The van der Waals surface area contributed by atoms with Crippen molar-refractivity contribution in [2.45, 2.75) is 39.0 Å². The molecule has 1 fully saturated rings. The van der Waals surface area contributed by atoms with E-state index in [4.69, 9.17) is 9.84 Å². The molecule has 1 aromatic heterocycles. The molecular weight excluding hydrogens is 252 g/mol. The topological polar surface area (TPSA) is 62.7 Å². The maximum Gasteiger partial charge on any atom is 0.365 e. The Morgan fingerprint density at radius 3 is 3.00 bits per heavy atom. The highest BCUT2D eigenvalue weighted by Crippen LogP contribution is 2.22. The van der Waals surface area contributed by atoms with Crippen LogP contribution < -0.4 is 0 Å². The van der Waals surface area contributed by atoms with Crippen molar-refractivity contribution in [1.82, 2.24) is 9.88 Å². The molecule has 100 valence electrons. The van der Waals surface area contributed by atoms with Gasteiger partial charge in [-0.15, -0.1) is 11.3 Å². The molecule has 5 nitrogen and oxygen atoms in total. The molecule has 0 aliphatic carbocycles. The minimum absolute atomic E-state index is 0.158. The van der Waals surface area contributed by atoms with Gasteiger partial charge in [-0.1, -0.05) is 0 Å². The zero-order chi connectivity index (χ0) is 13.3. The van der Waals surface area contributed by atoms with Crippen LogP contribution >= 0.6 is 11.3 Å². The minimum atomic E-state index is -0.957. The molecule has 0 radical (unpaired) electrons. The van der Waals surface area contributed by atoms with Crippen LogP contribution in [0.4, 0.5) is 0 Å². The monoisotopic (exact) mass is 270 g/mol. The van der Waals surface area contributed by atoms with E-state index in [1.165, 1.54) is 11.3 Å². The second-order valence-electron chi connectivity index (χ2n) is 5.31. The summed E-state index contributed by atoms with van der Waals surface area (Å²) < 4.78 is 5.83. The van der Waals surface area contributed by atoms with Crippen molar-refractivity contribution >= 4 is 17.3 Å². The molecule has 0 spiro atoms. The van der Waals surface area contributed by atoms with Crippen LogP contribution in [-0.2, 0) is 11.3 Å². The van der Waals surface area contributed by atoms with E-state index in [2.05, 4.69) is 30.7 Å². The molecule has 0 aromatic carbocycles. The molecule has 1 aliphatic rings. The number of aromatic nitrogens is 1. The van der Waals surface area contributed by atoms with Gasteiger partial charge in [-0.05, 0) is 20.8 Å². The summed E-state index contributed by atoms with van der Waals surface area (Å²) in [5.74, 6) is -0.957. The molecule has 6 heteroatoms. The summed E-state index contributed by atoms with van der Waals surface area (Å²) in [6.07, 6.45) is 0.186. The highest BCUT2D eigenvalue weighted by molar-refractivity contribution is 7.11. The number of hydrogen-bond donors (Lipinski definition) is 1. The Labute approximate surface area is 110 Å². The molecule has 2 rings (SSSR count). The number of ether oxygens (including phenoxy) is 1. The zero-order valence-electron chi connectivity index (χ0n) is 10.8. The van der Waals surface area contributed by atoms with Crippen LogP contribution in [0.2, 0.25) is 0 Å². The average Bonchev–Trinajstić information content (AvgIpc) is 2.62. The van der Waals surface area contributed by atoms with Crippen LogP contribution in [0.1, 0.15) is 36.3 Å². The van der Waals surface area contributed by atoms with Crippen molar-refractivity contribution in [3.05, 3.63) is 16.1 Å². The number of thiazole rings is 1. The Balaban J connectivity index is 2.02. The summed E-state index contributed by atoms with van der Waals surface area (Å²) in [6.45, 7) is 8.55. The normalized spacial score (nSPS) is 24.1. The fourth-order valence-corrected chi connectivity index (χ4v) is 3.06. The van der Waals surface area contributed by atoms with E-state index in [0.717, 1.165) is 18.8 Å². The Hall–Kier alpha value is -0.980. The minimum Gasteiger partial charge on any atom is -0.476 e. The summed E-state index contributed by atoms with van der Waals surface area (Å²) in [5, 5.41) is 10.8. The lowest BCUT2D eigenvalue weighted by Crippen LogP contribution is -2.51. The van der Waals surface area contributed by atoms with Crippen LogP contribution in [-0.4, -0.2) is 45.8 Å². The summed E-state index contributed by atoms with van der Waals surface area (Å²) in [4.78, 5) is 17.1. The molecule has 1 N–H and O–H groups in total. The number of aromatic carboxylic acids is 1. The molecule has 18 heavy (non-hydrogen) atoms. The smallest absolute Gasteiger partial charge is 0.365 e. The molecule has 1 saturated heterocycles. The van der Waals surface area contributed by atoms with Gasteiger partial charge < -0.3 is 9.84 Å². The summed E-state index contributed by atoms with van der Waals surface area (Å²) in [5.41, 5.74) is 0.658. The standard InChI is InChI=1S/C12H18N2O3S/c1-8-4-14(7-12(2,3)17-8)5-9-6-18-10(13-9)11(15)16/h6,8H,4-5,7H2,1-3H3,(H,15,16). The molecule has 2 heterocycles. The third-order valence-electron chi connectivity index (χ3n) is 2.76. The van der Waals surface area contributed by atoms with Gasteiger partial charge in [0.25, 0.3) is 0 Å². The highest BCUT2D eigenvalue weighted by atomic mass is 32.1. The first-order chi connectivity index (χ1) is 8.35. The van der Waals surface area contributed by atoms with Gasteiger partial charge in [-0.25, -0.2) is 9.78 Å². The Bertz CT molecular complexity index is 444. The van der Waals surface area contributed by atoms with E-state index in [9.17, 15) is 4.79 Å². The van der Waals surface area contributed by atoms with Crippen LogP contribution in [0.3, 0.4) is 0 Å². The highest BCUT2D eigenvalue weighted by Gasteiger charge is 2.31. The Kier molecular flexibility index (Phi) is 3.70. The molecule has 1 aliphatic heterocycles. The van der Waals surface area contributed by atoms with Gasteiger partial charge in [-0.3, -0.25) is 4.90 Å². The molecule has 0 bridgehead atoms. The predicted octanol–water partition coefficient (Wildman–Crippen LogP) is 1.84. The zero-order valence-corrected chi connectivity index (χ0v) is 11.7. The van der Waals surface area contributed by atoms with Crippen LogP contribution in [0.5, 0.6) is 0 Å². The maximum atomic E-state index is 10.8. The van der Waals surface area contributed by atoms with Crippen molar-refractivity contribution in [3.63, 3.8) is 0 Å². The van der Waals surface area contributed by atoms with Crippen LogP contribution in [0, 0.1) is 0 Å². The van der Waals surface area contributed by atoms with Gasteiger partial charge in [0.05, 0.1) is 17.4 Å². The number of morpholine rings is 1. The third-order valence-corrected chi connectivity index (χ3v) is 3.64. The third kappa shape index (κ3) is 3.28. The van der Waals surface area contributed by atoms with Gasteiger partial charge >= 0.3 is 5.97 Å². The van der Waals surface area contributed by atoms with Crippen molar-refractivity contribution in [2.24, 2.45) is 0 Å². The van der Waals surface area contributed by atoms with Gasteiger partial charge in [-0.2, -0.15) is 0 Å². The van der Waals surface area contributed by atoms with E-state index >= 15 is 0 Å². The number of hydrogen-bond acceptors (Lipinski definition) is 5. The lowest BCUT2D eigenvalue weighted by molar-refractivity contribution is -0.130. The SMILES string of the molecule is CC1CN(Cc2csc(C(=O)O)n2)CC(C)(C)O1. The molecule has 1 aromatic rings. The molecule has 0 amide bonds. The van der Waals surface area contributed by atoms with E-state index in [1.807, 2.05) is 5.38 Å². The van der Waals surface area contributed by atoms with E-state index in [-0.39, 0.29) is 16.7 Å². The fourth-order valence-electron chi connectivity index (χ4n) is 2.41. The number of nitrogens with zero attached hydrogens (tertiary/aromatic N) is 2. The lowest BCUT2D eigenvalue weighted by atomic mass is 10.1. The summed E-state index contributed by atoms with van der Waals surface area (Å²) in [6, 6.07) is 0. The number of carboxylic acids is 1. The predicted molar refractivity (Wildman–Crippen MR) is 69.0 cm³/mol. The molecule has 1 atom stereocenters. The van der Waals surface area contributed by atoms with Crippen LogP contribution in [0.25, 0.3) is 0 Å². The second-order valence-corrected chi connectivity index (χ2v) is 6.17. The van der Waals surface area contributed by atoms with Crippen molar-refractivity contribution in [1.29, 1.82) is 0 Å². The van der Waals surface area contributed by atoms with E-state index < -0.39 is 5.97 Å². The van der Waals surface area contributed by atoms with Crippen molar-refractivity contribution in [2.75, 3.05) is 13.1 Å². The Morgan fingerprint density at radius 1 is 1.72 bits per heavy atom. The van der Waals surface area contributed by atoms with Crippen molar-refractivity contribution in [3.8, 4) is 0 Å². The lowest BCUT2D eigenvalue weighted by Gasteiger charge is -2.41. The van der Waals surface area contributed by atoms with E-state index in [0.29, 0.717) is 6.54 Å². The molecule has 1 unspecified atom stereocenters. The summed E-state index contributed by atoms with van der Waals surface area (Å²) >= 11 is 1.18. The van der Waals surface area contributed by atoms with Crippen LogP contribution in [0.15, 0.2) is 5.38 Å². The first kappa shape index (κ1) is 13.5. The number of carboxylic acid groups (broad SMARTS) is 1. The quantitative estimate of drug-likeness (QED) is 0.908. The first-order valence-electron chi connectivity index (χ1n) is 5.93. The molecule has 0 saturated carbocycles. The van der Waals surface area contributed by atoms with Gasteiger partial charge in [0.15, 0.2) is 0 Å². The first-order valence-corrected chi connectivity index (χ1v) is 6.81. The van der Waals surface area contributed by atoms with Gasteiger partial charge in [0, 0.05) is 25.0 Å².